The van der Waals surface area contributed by atoms with Gasteiger partial charge in [0.15, 0.2) is 0 Å². The molecule has 0 saturated heterocycles. The van der Waals surface area contributed by atoms with E-state index in [4.69, 9.17) is 27.9 Å². The molecule has 2 aromatic rings. The molecule has 0 saturated carbocycles. The Hall–Kier alpha value is -2.04. The number of fused-ring (bicyclic) bond motifs is 1. The summed E-state index contributed by atoms with van der Waals surface area (Å²) in [6.07, 6.45) is 0.583. The first-order valence-electron chi connectivity index (χ1n) is 6.13. The minimum Gasteiger partial charge on any atom is -0.472 e. The van der Waals surface area contributed by atoms with E-state index in [1.165, 1.54) is 6.08 Å². The Balaban J connectivity index is 2.17. The zero-order chi connectivity index (χ0) is 15.0. The molecule has 106 valence electrons. The van der Waals surface area contributed by atoms with Gasteiger partial charge >= 0.3 is 0 Å². The fraction of sp³-hybridized carbons (Fsp3) is 0.0667. The Kier molecular flexibility index (Phi) is 3.57. The van der Waals surface area contributed by atoms with Crippen LogP contribution >= 0.6 is 23.2 Å². The van der Waals surface area contributed by atoms with Crippen molar-refractivity contribution in [3.8, 4) is 5.75 Å². The van der Waals surface area contributed by atoms with Crippen LogP contribution in [0.2, 0.25) is 10.0 Å². The van der Waals surface area contributed by atoms with Crippen molar-refractivity contribution >= 4 is 29.3 Å². The molecule has 0 aliphatic carbocycles. The van der Waals surface area contributed by atoms with Crippen LogP contribution in [0.1, 0.15) is 17.2 Å². The number of halogens is 2. The summed E-state index contributed by atoms with van der Waals surface area (Å²) in [6, 6.07) is 12.0. The molecule has 0 spiro atoms. The molecule has 0 bridgehead atoms. The second-order valence-electron chi connectivity index (χ2n) is 4.50. The summed E-state index contributed by atoms with van der Waals surface area (Å²) in [5.41, 5.74) is 1.04. The Morgan fingerprint density at radius 3 is 2.48 bits per heavy atom. The summed E-state index contributed by atoms with van der Waals surface area (Å²) in [6.45, 7) is 0. The summed E-state index contributed by atoms with van der Waals surface area (Å²) in [7, 11) is 0. The summed E-state index contributed by atoms with van der Waals surface area (Å²) in [5.74, 6) is 0.426. The summed E-state index contributed by atoms with van der Waals surface area (Å²) in [5, 5.41) is 12.1. The predicted octanol–water partition coefficient (Wildman–Crippen LogP) is 4.74. The molecule has 0 radical (unpaired) electrons. The van der Waals surface area contributed by atoms with Crippen LogP contribution in [0.5, 0.6) is 5.75 Å². The van der Waals surface area contributed by atoms with Crippen LogP contribution in [0, 0.1) is 10.1 Å². The molecule has 0 fully saturated rings. The second-order valence-corrected chi connectivity index (χ2v) is 5.32. The van der Waals surface area contributed by atoms with Gasteiger partial charge in [-0.3, -0.25) is 10.1 Å². The third-order valence-electron chi connectivity index (χ3n) is 3.20. The van der Waals surface area contributed by atoms with E-state index < -0.39 is 11.0 Å². The number of ether oxygens (including phenoxy) is 1. The predicted molar refractivity (Wildman–Crippen MR) is 81.2 cm³/mol. The lowest BCUT2D eigenvalue weighted by Crippen LogP contribution is -2.20. The highest BCUT2D eigenvalue weighted by Gasteiger charge is 2.35. The molecule has 1 aliphatic heterocycles. The van der Waals surface area contributed by atoms with Crippen LogP contribution in [-0.2, 0) is 0 Å². The molecule has 0 aromatic heterocycles. The van der Waals surface area contributed by atoms with Gasteiger partial charge in [-0.15, -0.1) is 0 Å². The maximum atomic E-state index is 11.3. The number of rotatable bonds is 2. The maximum Gasteiger partial charge on any atom is 0.291 e. The van der Waals surface area contributed by atoms with Gasteiger partial charge in [0.05, 0.1) is 9.95 Å². The van der Waals surface area contributed by atoms with Crippen molar-refractivity contribution in [3.05, 3.63) is 79.4 Å². The zero-order valence-corrected chi connectivity index (χ0v) is 12.1. The monoisotopic (exact) mass is 321 g/mol. The van der Waals surface area contributed by atoms with Crippen molar-refractivity contribution < 1.29 is 9.66 Å². The average molecular weight is 322 g/mol. The number of para-hydroxylation sites is 1. The highest BCUT2D eigenvalue weighted by atomic mass is 35.5. The smallest absolute Gasteiger partial charge is 0.291 e. The van der Waals surface area contributed by atoms with E-state index >= 15 is 0 Å². The van der Waals surface area contributed by atoms with Crippen molar-refractivity contribution in [1.82, 2.24) is 0 Å². The Bertz CT molecular complexity index is 758. The van der Waals surface area contributed by atoms with Crippen molar-refractivity contribution in [1.29, 1.82) is 0 Å². The van der Waals surface area contributed by atoms with Gasteiger partial charge in [0.2, 0.25) is 6.10 Å². The molecule has 4 nitrogen and oxygen atoms in total. The molecule has 21 heavy (non-hydrogen) atoms. The van der Waals surface area contributed by atoms with Crippen LogP contribution < -0.4 is 4.74 Å². The quantitative estimate of drug-likeness (QED) is 0.592. The molecule has 1 unspecified atom stereocenters. The first-order chi connectivity index (χ1) is 10.1. The lowest BCUT2D eigenvalue weighted by Gasteiger charge is -2.24. The van der Waals surface area contributed by atoms with Gasteiger partial charge < -0.3 is 4.74 Å². The molecule has 1 aliphatic rings. The molecule has 0 amide bonds. The Labute approximate surface area is 130 Å². The van der Waals surface area contributed by atoms with Crippen molar-refractivity contribution in [2.45, 2.75) is 6.10 Å². The first-order valence-corrected chi connectivity index (χ1v) is 6.89. The second kappa shape index (κ2) is 5.39. The summed E-state index contributed by atoms with van der Waals surface area (Å²) < 4.78 is 5.78. The lowest BCUT2D eigenvalue weighted by atomic mass is 10.0. The molecule has 3 rings (SSSR count). The van der Waals surface area contributed by atoms with Gasteiger partial charge in [0.25, 0.3) is 5.70 Å². The van der Waals surface area contributed by atoms with E-state index in [0.717, 1.165) is 0 Å². The molecule has 0 N–H and O–H groups in total. The normalized spacial score (nSPS) is 16.7. The minimum atomic E-state index is -0.888. The van der Waals surface area contributed by atoms with Crippen LogP contribution in [0.3, 0.4) is 0 Å². The number of hydrogen-bond acceptors (Lipinski definition) is 3. The largest absolute Gasteiger partial charge is 0.472 e. The molecule has 1 atom stereocenters. The molecular formula is C15H9Cl2NO3. The average Bonchev–Trinajstić information content (AvgIpc) is 2.47. The maximum absolute atomic E-state index is 11.3. The topological polar surface area (TPSA) is 52.4 Å². The van der Waals surface area contributed by atoms with Crippen LogP contribution in [0.15, 0.2) is 48.2 Å². The standard InChI is InChI=1S/C15H9Cl2NO3/c16-11-6-2-1-5-10(11)15-13(18(19)20)8-9-4-3-7-12(17)14(9)21-15/h1-8,15H. The molecule has 1 heterocycles. The van der Waals surface area contributed by atoms with Gasteiger partial charge in [-0.2, -0.15) is 0 Å². The van der Waals surface area contributed by atoms with Crippen molar-refractivity contribution in [2.75, 3.05) is 0 Å². The van der Waals surface area contributed by atoms with Gasteiger partial charge in [0.1, 0.15) is 5.75 Å². The van der Waals surface area contributed by atoms with Gasteiger partial charge in [-0.1, -0.05) is 53.5 Å². The number of hydrogen-bond donors (Lipinski definition) is 0. The third-order valence-corrected chi connectivity index (χ3v) is 3.85. The molecule has 6 heteroatoms. The van der Waals surface area contributed by atoms with E-state index in [1.54, 1.807) is 42.5 Å². The zero-order valence-electron chi connectivity index (χ0n) is 10.6. The van der Waals surface area contributed by atoms with Gasteiger partial charge in [0, 0.05) is 22.2 Å². The Morgan fingerprint density at radius 1 is 1.05 bits per heavy atom. The fourth-order valence-electron chi connectivity index (χ4n) is 2.24. The highest BCUT2D eigenvalue weighted by molar-refractivity contribution is 6.32. The SMILES string of the molecule is O=[N+]([O-])C1=Cc2cccc(Cl)c2OC1c1ccccc1Cl. The van der Waals surface area contributed by atoms with E-state index in [2.05, 4.69) is 0 Å². The molecular weight excluding hydrogens is 313 g/mol. The van der Waals surface area contributed by atoms with Crippen LogP contribution in [0.4, 0.5) is 0 Å². The van der Waals surface area contributed by atoms with E-state index in [1.807, 2.05) is 0 Å². The number of nitrogens with zero attached hydrogens (tertiary/aromatic N) is 1. The van der Waals surface area contributed by atoms with Gasteiger partial charge in [-0.25, -0.2) is 0 Å². The summed E-state index contributed by atoms with van der Waals surface area (Å²) >= 11 is 12.2. The summed E-state index contributed by atoms with van der Waals surface area (Å²) in [4.78, 5) is 10.9. The third kappa shape index (κ3) is 2.48. The van der Waals surface area contributed by atoms with E-state index in [-0.39, 0.29) is 5.70 Å². The van der Waals surface area contributed by atoms with Crippen molar-refractivity contribution in [3.63, 3.8) is 0 Å². The van der Waals surface area contributed by atoms with Gasteiger partial charge in [-0.05, 0) is 12.1 Å². The van der Waals surface area contributed by atoms with Crippen molar-refractivity contribution in [2.24, 2.45) is 0 Å². The minimum absolute atomic E-state index is 0.0714. The lowest BCUT2D eigenvalue weighted by molar-refractivity contribution is -0.434. The van der Waals surface area contributed by atoms with Crippen LogP contribution in [-0.4, -0.2) is 4.92 Å². The highest BCUT2D eigenvalue weighted by Crippen LogP contribution is 2.42. The molecule has 2 aromatic carbocycles. The van der Waals surface area contributed by atoms with E-state index in [9.17, 15) is 10.1 Å². The first kappa shape index (κ1) is 13.9. The Morgan fingerprint density at radius 2 is 1.76 bits per heavy atom. The number of benzene rings is 2. The fourth-order valence-corrected chi connectivity index (χ4v) is 2.70. The van der Waals surface area contributed by atoms with Crippen LogP contribution in [0.25, 0.3) is 6.08 Å². The number of nitro groups is 1. The van der Waals surface area contributed by atoms with E-state index in [0.29, 0.717) is 26.9 Å².